The molecule has 3 heteroatoms. The van der Waals surface area contributed by atoms with E-state index in [4.69, 9.17) is 4.74 Å². The van der Waals surface area contributed by atoms with Crippen molar-refractivity contribution in [1.82, 2.24) is 0 Å². The normalized spacial score (nSPS) is 19.2. The van der Waals surface area contributed by atoms with Crippen molar-refractivity contribution in [2.75, 3.05) is 26.7 Å². The number of rotatable bonds is 4. The fourth-order valence-electron chi connectivity index (χ4n) is 3.06. The second-order valence-corrected chi connectivity index (χ2v) is 5.16. The van der Waals surface area contributed by atoms with Gasteiger partial charge in [0.15, 0.2) is 6.04 Å². The fourth-order valence-corrected chi connectivity index (χ4v) is 3.06. The summed E-state index contributed by atoms with van der Waals surface area (Å²) in [4.78, 5) is 1.69. The van der Waals surface area contributed by atoms with Gasteiger partial charge in [-0.1, -0.05) is 12.1 Å². The molecular formula is C15H26N2O+2. The van der Waals surface area contributed by atoms with Crippen LogP contribution in [0.1, 0.15) is 37.3 Å². The average molecular weight is 250 g/mol. The molecule has 1 aliphatic heterocycles. The summed E-state index contributed by atoms with van der Waals surface area (Å²) in [5, 5.41) is 0. The molecule has 1 aliphatic rings. The van der Waals surface area contributed by atoms with Gasteiger partial charge in [0.25, 0.3) is 0 Å². The quantitative estimate of drug-likeness (QED) is 0.800. The summed E-state index contributed by atoms with van der Waals surface area (Å²) in [5.74, 6) is 1.02. The van der Waals surface area contributed by atoms with Crippen molar-refractivity contribution >= 4 is 0 Å². The monoisotopic (exact) mass is 250 g/mol. The zero-order chi connectivity index (χ0) is 12.8. The van der Waals surface area contributed by atoms with Crippen molar-refractivity contribution in [2.45, 2.75) is 31.7 Å². The van der Waals surface area contributed by atoms with E-state index >= 15 is 0 Å². The Morgan fingerprint density at radius 3 is 2.44 bits per heavy atom. The van der Waals surface area contributed by atoms with Crippen LogP contribution in [0, 0.1) is 0 Å². The first-order valence-corrected chi connectivity index (χ1v) is 7.13. The molecular weight excluding hydrogens is 224 g/mol. The molecule has 1 saturated heterocycles. The Kier molecular flexibility index (Phi) is 5.02. The van der Waals surface area contributed by atoms with E-state index in [0.29, 0.717) is 6.04 Å². The molecule has 0 bridgehead atoms. The summed E-state index contributed by atoms with van der Waals surface area (Å²) >= 11 is 0. The number of quaternary nitrogens is 2. The third kappa shape index (κ3) is 3.03. The van der Waals surface area contributed by atoms with Crippen LogP contribution in [-0.4, -0.2) is 26.7 Å². The fraction of sp³-hybridized carbons (Fsp3) is 0.600. The summed E-state index contributed by atoms with van der Waals surface area (Å²) in [5.41, 5.74) is 5.49. The Labute approximate surface area is 110 Å². The van der Waals surface area contributed by atoms with E-state index in [1.165, 1.54) is 44.3 Å². The van der Waals surface area contributed by atoms with E-state index in [1.807, 2.05) is 6.07 Å². The molecule has 2 rings (SSSR count). The van der Waals surface area contributed by atoms with Crippen molar-refractivity contribution in [3.8, 4) is 5.75 Å². The van der Waals surface area contributed by atoms with Gasteiger partial charge in [0.1, 0.15) is 12.3 Å². The SMILES string of the molecule is COc1ccccc1[C@@H](C[NH3+])[NH+]1CCCCCC1. The molecule has 0 amide bonds. The maximum atomic E-state index is 5.51. The van der Waals surface area contributed by atoms with Crippen molar-refractivity contribution < 1.29 is 15.4 Å². The van der Waals surface area contributed by atoms with Gasteiger partial charge < -0.3 is 15.4 Å². The predicted octanol–water partition coefficient (Wildman–Crippen LogP) is 0.437. The highest BCUT2D eigenvalue weighted by Gasteiger charge is 2.27. The van der Waals surface area contributed by atoms with Crippen LogP contribution in [0.2, 0.25) is 0 Å². The predicted molar refractivity (Wildman–Crippen MR) is 72.7 cm³/mol. The smallest absolute Gasteiger partial charge is 0.166 e. The highest BCUT2D eigenvalue weighted by molar-refractivity contribution is 5.34. The number of ether oxygens (including phenoxy) is 1. The minimum absolute atomic E-state index is 0.485. The van der Waals surface area contributed by atoms with Gasteiger partial charge in [-0.2, -0.15) is 0 Å². The minimum atomic E-state index is 0.485. The molecule has 3 nitrogen and oxygen atoms in total. The van der Waals surface area contributed by atoms with Gasteiger partial charge in [-0.25, -0.2) is 0 Å². The topological polar surface area (TPSA) is 41.3 Å². The number of hydrogen-bond donors (Lipinski definition) is 2. The molecule has 0 spiro atoms. The summed E-state index contributed by atoms with van der Waals surface area (Å²) in [6.45, 7) is 3.49. The maximum Gasteiger partial charge on any atom is 0.166 e. The molecule has 1 aromatic carbocycles. The third-order valence-electron chi connectivity index (χ3n) is 4.04. The van der Waals surface area contributed by atoms with E-state index in [2.05, 4.69) is 23.9 Å². The second kappa shape index (κ2) is 6.76. The molecule has 1 fully saturated rings. The van der Waals surface area contributed by atoms with Crippen LogP contribution >= 0.6 is 0 Å². The van der Waals surface area contributed by atoms with Crippen LogP contribution in [0.4, 0.5) is 0 Å². The highest BCUT2D eigenvalue weighted by atomic mass is 16.5. The van der Waals surface area contributed by atoms with Crippen molar-refractivity contribution in [2.24, 2.45) is 0 Å². The zero-order valence-electron chi connectivity index (χ0n) is 11.5. The molecule has 100 valence electrons. The second-order valence-electron chi connectivity index (χ2n) is 5.16. The molecule has 0 radical (unpaired) electrons. The average Bonchev–Trinajstić information content (AvgIpc) is 2.69. The first-order chi connectivity index (χ1) is 8.86. The lowest BCUT2D eigenvalue weighted by Crippen LogP contribution is -3.13. The highest BCUT2D eigenvalue weighted by Crippen LogP contribution is 2.22. The van der Waals surface area contributed by atoms with Crippen LogP contribution in [0.3, 0.4) is 0 Å². The van der Waals surface area contributed by atoms with Crippen LogP contribution < -0.4 is 15.4 Å². The van der Waals surface area contributed by atoms with Gasteiger partial charge in [0.2, 0.25) is 0 Å². The van der Waals surface area contributed by atoms with E-state index in [0.717, 1.165) is 12.3 Å². The lowest BCUT2D eigenvalue weighted by molar-refractivity contribution is -0.937. The van der Waals surface area contributed by atoms with Gasteiger partial charge >= 0.3 is 0 Å². The van der Waals surface area contributed by atoms with Crippen molar-refractivity contribution in [3.63, 3.8) is 0 Å². The Bertz CT molecular complexity index is 359. The van der Waals surface area contributed by atoms with E-state index < -0.39 is 0 Å². The van der Waals surface area contributed by atoms with Crippen LogP contribution in [0.15, 0.2) is 24.3 Å². The number of hydrogen-bond acceptors (Lipinski definition) is 1. The van der Waals surface area contributed by atoms with Gasteiger partial charge in [-0.15, -0.1) is 0 Å². The van der Waals surface area contributed by atoms with Gasteiger partial charge in [0.05, 0.1) is 25.8 Å². The molecule has 0 unspecified atom stereocenters. The molecule has 0 saturated carbocycles. The summed E-state index contributed by atoms with van der Waals surface area (Å²) in [6.07, 6.45) is 5.47. The standard InChI is InChI=1S/C15H24N2O/c1-18-15-9-5-4-8-13(15)14(12-16)17-10-6-2-3-7-11-17/h4-5,8-9,14H,2-3,6-7,10-12,16H2,1H3/p+2/t14-/m1/s1. The molecule has 1 aromatic rings. The Morgan fingerprint density at radius 1 is 1.17 bits per heavy atom. The van der Waals surface area contributed by atoms with Gasteiger partial charge in [0, 0.05) is 0 Å². The Balaban J connectivity index is 2.20. The maximum absolute atomic E-state index is 5.51. The van der Waals surface area contributed by atoms with Crippen LogP contribution in [0.25, 0.3) is 0 Å². The molecule has 4 N–H and O–H groups in total. The van der Waals surface area contributed by atoms with Crippen LogP contribution in [0.5, 0.6) is 5.75 Å². The van der Waals surface area contributed by atoms with E-state index in [-0.39, 0.29) is 0 Å². The molecule has 1 atom stereocenters. The lowest BCUT2D eigenvalue weighted by atomic mass is 10.0. The van der Waals surface area contributed by atoms with E-state index in [1.54, 1.807) is 12.0 Å². The van der Waals surface area contributed by atoms with Gasteiger partial charge in [-0.05, 0) is 37.8 Å². The third-order valence-corrected chi connectivity index (χ3v) is 4.04. The summed E-state index contributed by atoms with van der Waals surface area (Å²) in [7, 11) is 1.76. The zero-order valence-corrected chi connectivity index (χ0v) is 11.5. The number of para-hydroxylation sites is 1. The number of nitrogens with one attached hydrogen (secondary N) is 1. The largest absolute Gasteiger partial charge is 0.496 e. The summed E-state index contributed by atoms with van der Waals surface area (Å²) in [6, 6.07) is 8.90. The molecule has 18 heavy (non-hydrogen) atoms. The lowest BCUT2D eigenvalue weighted by Gasteiger charge is -2.26. The van der Waals surface area contributed by atoms with Crippen LogP contribution in [-0.2, 0) is 0 Å². The Hall–Kier alpha value is -1.06. The summed E-state index contributed by atoms with van der Waals surface area (Å²) < 4.78 is 5.51. The van der Waals surface area contributed by atoms with Crippen molar-refractivity contribution in [1.29, 1.82) is 0 Å². The molecule has 1 heterocycles. The molecule has 0 aliphatic carbocycles. The molecule has 0 aromatic heterocycles. The first kappa shape index (κ1) is 13.4. The Morgan fingerprint density at radius 2 is 1.83 bits per heavy atom. The number of benzene rings is 1. The number of likely N-dealkylation sites (tertiary alicyclic amines) is 1. The van der Waals surface area contributed by atoms with Gasteiger partial charge in [-0.3, -0.25) is 0 Å². The first-order valence-electron chi connectivity index (χ1n) is 7.13. The van der Waals surface area contributed by atoms with Crippen molar-refractivity contribution in [3.05, 3.63) is 29.8 Å². The van der Waals surface area contributed by atoms with E-state index in [9.17, 15) is 0 Å². The number of methoxy groups -OCH3 is 1. The minimum Gasteiger partial charge on any atom is -0.496 e.